The summed E-state index contributed by atoms with van der Waals surface area (Å²) in [6.07, 6.45) is 2.38. The van der Waals surface area contributed by atoms with E-state index in [1.165, 1.54) is 12.7 Å². The van der Waals surface area contributed by atoms with Crippen LogP contribution in [0.4, 0.5) is 15.3 Å². The van der Waals surface area contributed by atoms with Gasteiger partial charge in [0.2, 0.25) is 0 Å². The van der Waals surface area contributed by atoms with Gasteiger partial charge in [-0.25, -0.2) is 9.59 Å². The van der Waals surface area contributed by atoms with E-state index >= 15 is 0 Å². The van der Waals surface area contributed by atoms with Gasteiger partial charge < -0.3 is 34.6 Å². The number of fused-ring (bicyclic) bond motifs is 1. The van der Waals surface area contributed by atoms with Gasteiger partial charge >= 0.3 is 12.1 Å². The number of phenolic OH excluding ortho intramolecular Hbond substituents is 1. The number of hydrogen-bond donors (Lipinski definition) is 2. The summed E-state index contributed by atoms with van der Waals surface area (Å²) in [6.45, 7) is 9.51. The molecule has 3 aromatic rings. The average Bonchev–Trinajstić information content (AvgIpc) is 3.37. The van der Waals surface area contributed by atoms with Crippen molar-refractivity contribution in [3.8, 4) is 11.5 Å². The molecule has 12 nitrogen and oxygen atoms in total. The van der Waals surface area contributed by atoms with E-state index in [0.717, 1.165) is 68.8 Å². The van der Waals surface area contributed by atoms with Gasteiger partial charge in [0.25, 0.3) is 5.91 Å². The van der Waals surface area contributed by atoms with Crippen LogP contribution in [-0.4, -0.2) is 132 Å². The highest BCUT2D eigenvalue weighted by Crippen LogP contribution is 2.32. The SMILES string of the molecule is COc1cc(C[C@@H](OC(=O)N2CCC(N3CCc4ccccc4NC3=O)CC2)C(=O)N2CCC(N3CCN(Cc4ccccc4)CC3)CC2)cc(C)c1O. The number of phenols is 1. The van der Waals surface area contributed by atoms with Crippen LogP contribution in [0.3, 0.4) is 0 Å². The zero-order valence-corrected chi connectivity index (χ0v) is 31.6. The van der Waals surface area contributed by atoms with Crippen LogP contribution in [0.15, 0.2) is 66.7 Å². The van der Waals surface area contributed by atoms with Gasteiger partial charge in [0, 0.05) is 89.6 Å². The zero-order chi connectivity index (χ0) is 37.6. The minimum atomic E-state index is -1.03. The Hall–Kier alpha value is -4.81. The van der Waals surface area contributed by atoms with E-state index < -0.39 is 12.2 Å². The molecule has 4 heterocycles. The molecule has 3 aromatic carbocycles. The van der Waals surface area contributed by atoms with E-state index in [-0.39, 0.29) is 30.2 Å². The lowest BCUT2D eigenvalue weighted by Crippen LogP contribution is -2.55. The Labute approximate surface area is 318 Å². The Bertz CT molecular complexity index is 1770. The third-order valence-corrected chi connectivity index (χ3v) is 11.7. The number of piperidine rings is 2. The summed E-state index contributed by atoms with van der Waals surface area (Å²) in [6, 6.07) is 22.3. The highest BCUT2D eigenvalue weighted by molar-refractivity contribution is 5.91. The Kier molecular flexibility index (Phi) is 11.9. The lowest BCUT2D eigenvalue weighted by molar-refractivity contribution is -0.142. The second kappa shape index (κ2) is 17.1. The summed E-state index contributed by atoms with van der Waals surface area (Å²) < 4.78 is 11.5. The van der Waals surface area contributed by atoms with Crippen LogP contribution in [0.25, 0.3) is 0 Å². The number of benzene rings is 3. The largest absolute Gasteiger partial charge is 0.504 e. The zero-order valence-electron chi connectivity index (χ0n) is 31.6. The number of nitrogens with one attached hydrogen (secondary N) is 1. The maximum Gasteiger partial charge on any atom is 0.410 e. The number of ether oxygens (including phenoxy) is 2. The number of urea groups is 1. The first kappa shape index (κ1) is 37.5. The van der Waals surface area contributed by atoms with Gasteiger partial charge in [-0.15, -0.1) is 0 Å². The summed E-state index contributed by atoms with van der Waals surface area (Å²) >= 11 is 0. The number of para-hydroxylation sites is 1. The molecule has 0 spiro atoms. The van der Waals surface area contributed by atoms with Crippen molar-refractivity contribution in [2.45, 2.75) is 70.2 Å². The fourth-order valence-corrected chi connectivity index (χ4v) is 8.56. The van der Waals surface area contributed by atoms with Crippen molar-refractivity contribution in [3.63, 3.8) is 0 Å². The van der Waals surface area contributed by atoms with Gasteiger partial charge in [-0.1, -0.05) is 54.6 Å². The molecule has 0 unspecified atom stereocenters. The molecule has 288 valence electrons. The van der Waals surface area contributed by atoms with Gasteiger partial charge in [0.05, 0.1) is 7.11 Å². The molecule has 0 bridgehead atoms. The lowest BCUT2D eigenvalue weighted by Gasteiger charge is -2.43. The second-order valence-corrected chi connectivity index (χ2v) is 15.1. The number of aryl methyl sites for hydroxylation is 1. The fraction of sp³-hybridized carbons (Fsp3) is 0.500. The van der Waals surface area contributed by atoms with Crippen molar-refractivity contribution in [1.82, 2.24) is 24.5 Å². The molecule has 7 rings (SSSR count). The van der Waals surface area contributed by atoms with E-state index in [2.05, 4.69) is 45.4 Å². The third kappa shape index (κ3) is 8.76. The molecule has 0 radical (unpaired) electrons. The Balaban J connectivity index is 0.956. The molecule has 0 aromatic heterocycles. The number of methoxy groups -OCH3 is 1. The van der Waals surface area contributed by atoms with Gasteiger partial charge in [0.15, 0.2) is 17.6 Å². The van der Waals surface area contributed by atoms with E-state index in [4.69, 9.17) is 9.47 Å². The fourth-order valence-electron chi connectivity index (χ4n) is 8.56. The maximum atomic E-state index is 14.2. The van der Waals surface area contributed by atoms with Crippen molar-refractivity contribution >= 4 is 23.7 Å². The lowest BCUT2D eigenvalue weighted by atomic mass is 9.99. The minimum Gasteiger partial charge on any atom is -0.504 e. The van der Waals surface area contributed by atoms with E-state index in [1.807, 2.05) is 40.1 Å². The van der Waals surface area contributed by atoms with Crippen LogP contribution in [0.2, 0.25) is 0 Å². The van der Waals surface area contributed by atoms with Gasteiger partial charge in [-0.05, 0) is 73.4 Å². The molecule has 0 aliphatic carbocycles. The number of carbonyl (C=O) groups excluding carboxylic acids is 3. The van der Waals surface area contributed by atoms with Crippen molar-refractivity contribution in [1.29, 1.82) is 0 Å². The summed E-state index contributed by atoms with van der Waals surface area (Å²) in [4.78, 5) is 51.6. The van der Waals surface area contributed by atoms with Crippen LogP contribution in [-0.2, 0) is 28.9 Å². The first-order valence-electron chi connectivity index (χ1n) is 19.5. The number of carbonyl (C=O) groups is 3. The van der Waals surface area contributed by atoms with Crippen LogP contribution in [0.1, 0.15) is 47.9 Å². The normalized spacial score (nSPS) is 19.8. The Morgan fingerprint density at radius 3 is 2.20 bits per heavy atom. The van der Waals surface area contributed by atoms with Crippen LogP contribution in [0.5, 0.6) is 11.5 Å². The molecule has 54 heavy (non-hydrogen) atoms. The van der Waals surface area contributed by atoms with Gasteiger partial charge in [-0.3, -0.25) is 14.6 Å². The number of piperazine rings is 1. The predicted octanol–water partition coefficient (Wildman–Crippen LogP) is 5.12. The standard InChI is InChI=1S/C42H54N6O6/c1-30-26-32(27-37(53-2)39(30)49)28-38(40(50)46-17-13-34(14-18-46)45-24-22-44(23-25-45)29-31-8-4-3-5-9-31)54-42(52)47-19-15-35(16-20-47)48-21-12-33-10-6-7-11-36(33)43-41(48)51/h3-11,26-27,34-35,38,49H,12-25,28-29H2,1-2H3,(H,43,51)/t38-/m1/s1. The van der Waals surface area contributed by atoms with E-state index in [1.54, 1.807) is 17.9 Å². The molecule has 12 heteroatoms. The molecule has 4 aliphatic heterocycles. The number of likely N-dealkylation sites (tertiary alicyclic amines) is 2. The highest BCUT2D eigenvalue weighted by Gasteiger charge is 2.37. The molecule has 0 saturated carbocycles. The molecular weight excluding hydrogens is 684 g/mol. The van der Waals surface area contributed by atoms with E-state index in [9.17, 15) is 19.5 Å². The van der Waals surface area contributed by atoms with Crippen molar-refractivity contribution in [3.05, 3.63) is 89.0 Å². The summed E-state index contributed by atoms with van der Waals surface area (Å²) in [7, 11) is 1.49. The number of nitrogens with zero attached hydrogens (tertiary/aromatic N) is 5. The average molecular weight is 739 g/mol. The number of amides is 4. The van der Waals surface area contributed by atoms with Crippen LogP contribution < -0.4 is 10.1 Å². The minimum absolute atomic E-state index is 0.00126. The smallest absolute Gasteiger partial charge is 0.410 e. The topological polar surface area (TPSA) is 118 Å². The second-order valence-electron chi connectivity index (χ2n) is 15.1. The predicted molar refractivity (Wildman–Crippen MR) is 207 cm³/mol. The first-order valence-corrected chi connectivity index (χ1v) is 19.5. The first-order chi connectivity index (χ1) is 26.2. The number of hydrogen-bond acceptors (Lipinski definition) is 8. The molecule has 3 fully saturated rings. The molecular formula is C42H54N6O6. The molecule has 3 saturated heterocycles. The summed E-state index contributed by atoms with van der Waals surface area (Å²) in [5.74, 6) is 0.165. The number of anilines is 1. The quantitative estimate of drug-likeness (QED) is 0.311. The summed E-state index contributed by atoms with van der Waals surface area (Å²) in [5.41, 5.74) is 4.67. The van der Waals surface area contributed by atoms with Crippen LogP contribution >= 0.6 is 0 Å². The molecule has 4 amide bonds. The van der Waals surface area contributed by atoms with E-state index in [0.29, 0.717) is 62.9 Å². The summed E-state index contributed by atoms with van der Waals surface area (Å²) in [5, 5.41) is 13.5. The number of rotatable bonds is 9. The van der Waals surface area contributed by atoms with Crippen LogP contribution in [0, 0.1) is 6.92 Å². The van der Waals surface area contributed by atoms with Gasteiger partial charge in [0.1, 0.15) is 0 Å². The number of aromatic hydroxyl groups is 1. The Morgan fingerprint density at radius 2 is 1.48 bits per heavy atom. The van der Waals surface area contributed by atoms with Crippen molar-refractivity contribution in [2.24, 2.45) is 0 Å². The third-order valence-electron chi connectivity index (χ3n) is 11.7. The molecule has 4 aliphatic rings. The van der Waals surface area contributed by atoms with Gasteiger partial charge in [-0.2, -0.15) is 0 Å². The molecule has 2 N–H and O–H groups in total. The maximum absolute atomic E-state index is 14.2. The molecule has 1 atom stereocenters. The van der Waals surface area contributed by atoms with Crippen molar-refractivity contribution < 1.29 is 29.0 Å². The monoisotopic (exact) mass is 738 g/mol. The van der Waals surface area contributed by atoms with Crippen molar-refractivity contribution in [2.75, 3.05) is 71.3 Å². The Morgan fingerprint density at radius 1 is 0.815 bits per heavy atom. The highest BCUT2D eigenvalue weighted by atomic mass is 16.6.